The molecule has 3 aromatic rings. The minimum atomic E-state index is -3.66. The molecule has 0 spiro atoms. The molecule has 0 unspecified atom stereocenters. The predicted octanol–water partition coefficient (Wildman–Crippen LogP) is 4.17. The molecule has 35 heavy (non-hydrogen) atoms. The highest BCUT2D eigenvalue weighted by Gasteiger charge is 2.26. The third-order valence-electron chi connectivity index (χ3n) is 5.92. The van der Waals surface area contributed by atoms with Gasteiger partial charge in [-0.15, -0.1) is 11.3 Å². The molecule has 2 aromatic carbocycles. The summed E-state index contributed by atoms with van der Waals surface area (Å²) < 4.78 is 40.0. The monoisotopic (exact) mass is 515 g/mol. The lowest BCUT2D eigenvalue weighted by Gasteiger charge is -2.29. The summed E-state index contributed by atoms with van der Waals surface area (Å²) in [6, 6.07) is 13.1. The number of rotatable bonds is 10. The van der Waals surface area contributed by atoms with E-state index in [9.17, 15) is 8.42 Å². The Balaban J connectivity index is 1.47. The van der Waals surface area contributed by atoms with Gasteiger partial charge in [-0.2, -0.15) is 4.31 Å². The molecule has 0 aliphatic carbocycles. The summed E-state index contributed by atoms with van der Waals surface area (Å²) in [5.41, 5.74) is 4.05. The van der Waals surface area contributed by atoms with E-state index < -0.39 is 10.0 Å². The Morgan fingerprint density at radius 3 is 2.40 bits per heavy atom. The molecule has 0 atom stereocenters. The molecule has 2 heterocycles. The molecule has 0 amide bonds. The first-order chi connectivity index (χ1) is 16.8. The number of nitrogens with zero attached hydrogens (tertiary/aromatic N) is 3. The van der Waals surface area contributed by atoms with Crippen LogP contribution in [0.3, 0.4) is 0 Å². The molecule has 1 aromatic heterocycles. The van der Waals surface area contributed by atoms with E-state index in [0.717, 1.165) is 46.2 Å². The van der Waals surface area contributed by atoms with Crippen LogP contribution in [0.2, 0.25) is 0 Å². The summed E-state index contributed by atoms with van der Waals surface area (Å²) in [5.74, 6) is 0.813. The van der Waals surface area contributed by atoms with Crippen molar-refractivity contribution in [2.24, 2.45) is 0 Å². The molecule has 7 nitrogen and oxygen atoms in total. The van der Waals surface area contributed by atoms with Crippen molar-refractivity contribution in [3.05, 3.63) is 75.2 Å². The van der Waals surface area contributed by atoms with Crippen LogP contribution >= 0.6 is 11.3 Å². The smallest absolute Gasteiger partial charge is 0.243 e. The molecule has 9 heteroatoms. The summed E-state index contributed by atoms with van der Waals surface area (Å²) in [7, 11) is -3.66. The fraction of sp³-hybridized carbons (Fsp3) is 0.423. The fourth-order valence-electron chi connectivity index (χ4n) is 4.05. The first kappa shape index (κ1) is 25.8. The zero-order valence-electron chi connectivity index (χ0n) is 20.6. The molecule has 1 aliphatic rings. The summed E-state index contributed by atoms with van der Waals surface area (Å²) >= 11 is 1.49. The largest absolute Gasteiger partial charge is 0.486 e. The number of hydrogen-bond donors (Lipinski definition) is 0. The number of aryl methyl sites for hydroxylation is 3. The van der Waals surface area contributed by atoms with Gasteiger partial charge in [0.05, 0.1) is 30.3 Å². The van der Waals surface area contributed by atoms with Crippen LogP contribution in [-0.2, 0) is 27.9 Å². The molecular weight excluding hydrogens is 482 g/mol. The summed E-state index contributed by atoms with van der Waals surface area (Å²) in [4.78, 5) is 7.23. The third-order valence-corrected chi connectivity index (χ3v) is 8.65. The van der Waals surface area contributed by atoms with Crippen molar-refractivity contribution in [1.29, 1.82) is 0 Å². The van der Waals surface area contributed by atoms with Crippen molar-refractivity contribution in [2.45, 2.75) is 38.8 Å². The molecule has 1 aliphatic heterocycles. The van der Waals surface area contributed by atoms with Crippen molar-refractivity contribution in [1.82, 2.24) is 14.2 Å². The zero-order chi connectivity index (χ0) is 24.8. The van der Waals surface area contributed by atoms with Crippen LogP contribution in [0, 0.1) is 20.8 Å². The van der Waals surface area contributed by atoms with E-state index in [2.05, 4.69) is 16.0 Å². The second kappa shape index (κ2) is 11.6. The van der Waals surface area contributed by atoms with Gasteiger partial charge in [-0.1, -0.05) is 23.8 Å². The lowest BCUT2D eigenvalue weighted by Crippen LogP contribution is -2.42. The number of thiazole rings is 1. The normalized spacial score (nSPS) is 15.0. The molecule has 0 saturated carbocycles. The Morgan fingerprint density at radius 2 is 1.71 bits per heavy atom. The topological polar surface area (TPSA) is 72.0 Å². The Bertz CT molecular complexity index is 1200. The molecular formula is C26H33N3O4S2. The van der Waals surface area contributed by atoms with Crippen LogP contribution in [0.1, 0.15) is 27.4 Å². The van der Waals surface area contributed by atoms with E-state index in [1.807, 2.05) is 50.4 Å². The molecule has 0 N–H and O–H groups in total. The lowest BCUT2D eigenvalue weighted by atomic mass is 10.1. The lowest BCUT2D eigenvalue weighted by molar-refractivity contribution is 0.0361. The highest BCUT2D eigenvalue weighted by atomic mass is 32.2. The van der Waals surface area contributed by atoms with Gasteiger partial charge < -0.3 is 9.47 Å². The van der Waals surface area contributed by atoms with Gasteiger partial charge in [-0.3, -0.25) is 4.90 Å². The van der Waals surface area contributed by atoms with Crippen LogP contribution in [-0.4, -0.2) is 62.0 Å². The van der Waals surface area contributed by atoms with Gasteiger partial charge in [0.15, 0.2) is 0 Å². The van der Waals surface area contributed by atoms with E-state index in [1.165, 1.54) is 15.6 Å². The van der Waals surface area contributed by atoms with Crippen LogP contribution in [0.5, 0.6) is 5.75 Å². The Hall–Kier alpha value is -2.30. The fourth-order valence-corrected chi connectivity index (χ4v) is 6.15. The Morgan fingerprint density at radius 1 is 1.03 bits per heavy atom. The second-order valence-electron chi connectivity index (χ2n) is 8.95. The van der Waals surface area contributed by atoms with E-state index in [0.29, 0.717) is 37.8 Å². The number of benzene rings is 2. The SMILES string of the molecule is Cc1ccc(S(=O)(=O)N(CCN2CCOCC2)Cc2csc(COc3cc(C)cc(C)c3)n2)cc1. The van der Waals surface area contributed by atoms with Crippen LogP contribution in [0.4, 0.5) is 0 Å². The van der Waals surface area contributed by atoms with E-state index in [1.54, 1.807) is 12.1 Å². The third kappa shape index (κ3) is 7.11. The van der Waals surface area contributed by atoms with Crippen LogP contribution < -0.4 is 4.74 Å². The van der Waals surface area contributed by atoms with Gasteiger partial charge in [-0.25, -0.2) is 13.4 Å². The Kier molecular flexibility index (Phi) is 8.56. The first-order valence-electron chi connectivity index (χ1n) is 11.8. The molecule has 1 saturated heterocycles. The van der Waals surface area contributed by atoms with Gasteiger partial charge in [0.25, 0.3) is 0 Å². The highest BCUT2D eigenvalue weighted by molar-refractivity contribution is 7.89. The van der Waals surface area contributed by atoms with E-state index in [4.69, 9.17) is 9.47 Å². The number of sulfonamides is 1. The maximum Gasteiger partial charge on any atom is 0.243 e. The number of ether oxygens (including phenoxy) is 2. The molecule has 0 radical (unpaired) electrons. The summed E-state index contributed by atoms with van der Waals surface area (Å²) in [6.45, 7) is 10.6. The van der Waals surface area contributed by atoms with Crippen LogP contribution in [0.15, 0.2) is 52.7 Å². The molecule has 1 fully saturated rings. The zero-order valence-corrected chi connectivity index (χ0v) is 22.2. The van der Waals surface area contributed by atoms with Crippen molar-refractivity contribution < 1.29 is 17.9 Å². The van der Waals surface area contributed by atoms with Gasteiger partial charge in [0, 0.05) is 31.6 Å². The second-order valence-corrected chi connectivity index (χ2v) is 11.8. The quantitative estimate of drug-likeness (QED) is 0.404. The maximum absolute atomic E-state index is 13.5. The van der Waals surface area contributed by atoms with Crippen molar-refractivity contribution in [3.63, 3.8) is 0 Å². The molecule has 0 bridgehead atoms. The first-order valence-corrected chi connectivity index (χ1v) is 14.1. The highest BCUT2D eigenvalue weighted by Crippen LogP contribution is 2.22. The number of aromatic nitrogens is 1. The average molecular weight is 516 g/mol. The molecule has 188 valence electrons. The maximum atomic E-state index is 13.5. The minimum absolute atomic E-state index is 0.223. The predicted molar refractivity (Wildman–Crippen MR) is 138 cm³/mol. The minimum Gasteiger partial charge on any atom is -0.486 e. The summed E-state index contributed by atoms with van der Waals surface area (Å²) in [6.07, 6.45) is 0. The van der Waals surface area contributed by atoms with Crippen molar-refractivity contribution >= 4 is 21.4 Å². The van der Waals surface area contributed by atoms with Gasteiger partial charge >= 0.3 is 0 Å². The Labute approximate surface area is 212 Å². The number of morpholine rings is 1. The number of hydrogen-bond acceptors (Lipinski definition) is 7. The van der Waals surface area contributed by atoms with E-state index >= 15 is 0 Å². The standard InChI is InChI=1S/C26H33N3O4S2/c1-20-4-6-25(7-5-20)35(30,31)29(9-8-28-10-12-32-13-11-28)17-23-19-34-26(27-23)18-33-24-15-21(2)14-22(3)16-24/h4-7,14-16,19H,8-13,17-18H2,1-3H3. The van der Waals surface area contributed by atoms with Gasteiger partial charge in [-0.05, 0) is 56.2 Å². The van der Waals surface area contributed by atoms with Crippen molar-refractivity contribution in [3.8, 4) is 5.75 Å². The van der Waals surface area contributed by atoms with Gasteiger partial charge in [0.1, 0.15) is 17.4 Å². The van der Waals surface area contributed by atoms with Gasteiger partial charge in [0.2, 0.25) is 10.0 Å². The van der Waals surface area contributed by atoms with Crippen molar-refractivity contribution in [2.75, 3.05) is 39.4 Å². The summed E-state index contributed by atoms with van der Waals surface area (Å²) in [5, 5.41) is 2.74. The van der Waals surface area contributed by atoms with E-state index in [-0.39, 0.29) is 6.54 Å². The van der Waals surface area contributed by atoms with Crippen LogP contribution in [0.25, 0.3) is 0 Å². The molecule has 4 rings (SSSR count). The average Bonchev–Trinajstić information content (AvgIpc) is 3.28.